The molecule has 0 aliphatic rings. The fourth-order valence-electron chi connectivity index (χ4n) is 2.92. The van der Waals surface area contributed by atoms with Crippen LogP contribution in [0.15, 0.2) is 30.3 Å². The molecule has 3 aromatic rings. The Morgan fingerprint density at radius 1 is 1.07 bits per heavy atom. The third-order valence-electron chi connectivity index (χ3n) is 4.62. The number of rotatable bonds is 6. The lowest BCUT2D eigenvalue weighted by Gasteiger charge is -2.21. The number of anilines is 1. The van der Waals surface area contributed by atoms with E-state index in [2.05, 4.69) is 4.98 Å². The number of hydrogen-bond donors (Lipinski definition) is 0. The fourth-order valence-corrected chi connectivity index (χ4v) is 3.95. The summed E-state index contributed by atoms with van der Waals surface area (Å²) in [4.78, 5) is 21.1. The minimum absolute atomic E-state index is 0. The van der Waals surface area contributed by atoms with E-state index in [0.29, 0.717) is 21.9 Å². The topological polar surface area (TPSA) is 36.4 Å². The van der Waals surface area contributed by atoms with Gasteiger partial charge in [-0.1, -0.05) is 17.4 Å². The molecule has 0 aliphatic heterocycles. The van der Waals surface area contributed by atoms with Crippen molar-refractivity contribution in [1.29, 1.82) is 0 Å². The minimum atomic E-state index is -0.718. The van der Waals surface area contributed by atoms with Crippen LogP contribution in [0.3, 0.4) is 0 Å². The smallest absolute Gasteiger partial charge is 0.260 e. The van der Waals surface area contributed by atoms with Gasteiger partial charge in [0.1, 0.15) is 11.3 Å². The van der Waals surface area contributed by atoms with E-state index < -0.39 is 11.6 Å². The molecule has 1 heterocycles. The number of amides is 1. The van der Waals surface area contributed by atoms with E-state index in [-0.39, 0.29) is 23.8 Å². The van der Waals surface area contributed by atoms with Gasteiger partial charge < -0.3 is 4.90 Å². The summed E-state index contributed by atoms with van der Waals surface area (Å²) in [5.41, 5.74) is 2.77. The summed E-state index contributed by atoms with van der Waals surface area (Å²) in [6.45, 7) is 5.18. The van der Waals surface area contributed by atoms with Crippen LogP contribution in [-0.2, 0) is 0 Å². The second-order valence-electron chi connectivity index (χ2n) is 7.14. The van der Waals surface area contributed by atoms with Crippen LogP contribution in [-0.4, -0.2) is 43.0 Å². The number of aryl methyl sites for hydroxylation is 2. The van der Waals surface area contributed by atoms with Crippen molar-refractivity contribution in [1.82, 2.24) is 9.88 Å². The van der Waals surface area contributed by atoms with Crippen molar-refractivity contribution in [3.63, 3.8) is 0 Å². The van der Waals surface area contributed by atoms with Gasteiger partial charge in [-0.15, -0.1) is 12.4 Å². The first-order valence-corrected chi connectivity index (χ1v) is 9.87. The van der Waals surface area contributed by atoms with Crippen molar-refractivity contribution in [2.45, 2.75) is 20.3 Å². The predicted octanol–water partition coefficient (Wildman–Crippen LogP) is 5.21. The van der Waals surface area contributed by atoms with Crippen LogP contribution in [0.1, 0.15) is 27.9 Å². The Bertz CT molecular complexity index is 1020. The average Bonchev–Trinajstić information content (AvgIpc) is 3.04. The molecule has 0 saturated carbocycles. The molecule has 0 unspecified atom stereocenters. The molecule has 0 atom stereocenters. The van der Waals surface area contributed by atoms with Gasteiger partial charge in [-0.3, -0.25) is 9.69 Å². The Morgan fingerprint density at radius 2 is 1.79 bits per heavy atom. The molecular weight excluding hydrogens is 416 g/mol. The number of aromatic nitrogens is 1. The quantitative estimate of drug-likeness (QED) is 0.529. The minimum Gasteiger partial charge on any atom is -0.309 e. The van der Waals surface area contributed by atoms with Crippen LogP contribution in [0.2, 0.25) is 0 Å². The van der Waals surface area contributed by atoms with Crippen LogP contribution in [0.5, 0.6) is 0 Å². The van der Waals surface area contributed by atoms with E-state index in [1.807, 2.05) is 45.0 Å². The summed E-state index contributed by atoms with van der Waals surface area (Å²) in [7, 11) is 3.93. The zero-order valence-corrected chi connectivity index (χ0v) is 18.5. The second kappa shape index (κ2) is 9.61. The van der Waals surface area contributed by atoms with Crippen molar-refractivity contribution >= 4 is 45.0 Å². The number of fused-ring (bicyclic) bond motifs is 1. The lowest BCUT2D eigenvalue weighted by atomic mass is 10.1. The Balaban J connectivity index is 0.00000300. The molecule has 1 amide bonds. The van der Waals surface area contributed by atoms with Crippen LogP contribution in [0.4, 0.5) is 13.9 Å². The van der Waals surface area contributed by atoms with E-state index in [0.717, 1.165) is 41.5 Å². The van der Waals surface area contributed by atoms with Gasteiger partial charge in [0.25, 0.3) is 5.91 Å². The van der Waals surface area contributed by atoms with Gasteiger partial charge in [0.2, 0.25) is 0 Å². The van der Waals surface area contributed by atoms with Gasteiger partial charge in [-0.2, -0.15) is 0 Å². The highest BCUT2D eigenvalue weighted by Crippen LogP contribution is 2.32. The number of halogens is 3. The van der Waals surface area contributed by atoms with Gasteiger partial charge in [0.05, 0.1) is 4.70 Å². The Hall–Kier alpha value is -2.09. The van der Waals surface area contributed by atoms with Crippen LogP contribution in [0.25, 0.3) is 10.2 Å². The Morgan fingerprint density at radius 3 is 2.45 bits per heavy atom. The molecule has 0 N–H and O–H groups in total. The first kappa shape index (κ1) is 23.2. The summed E-state index contributed by atoms with van der Waals surface area (Å²) in [6, 6.07) is 7.61. The van der Waals surface area contributed by atoms with Gasteiger partial charge in [0.15, 0.2) is 10.9 Å². The molecule has 156 valence electrons. The maximum atomic E-state index is 14.1. The zero-order valence-electron chi connectivity index (χ0n) is 16.8. The third-order valence-corrected chi connectivity index (χ3v) is 5.64. The number of thiazole rings is 1. The van der Waals surface area contributed by atoms with Gasteiger partial charge >= 0.3 is 0 Å². The monoisotopic (exact) mass is 439 g/mol. The zero-order chi connectivity index (χ0) is 20.4. The van der Waals surface area contributed by atoms with Gasteiger partial charge in [-0.05, 0) is 70.2 Å². The molecular formula is C21H24ClF2N3OS. The molecule has 3 rings (SSSR count). The molecule has 29 heavy (non-hydrogen) atoms. The lowest BCUT2D eigenvalue weighted by Crippen LogP contribution is -2.33. The molecule has 1 aromatic heterocycles. The molecule has 0 saturated heterocycles. The highest BCUT2D eigenvalue weighted by molar-refractivity contribution is 7.22. The van der Waals surface area contributed by atoms with E-state index in [1.54, 1.807) is 11.0 Å². The molecule has 0 aliphatic carbocycles. The van der Waals surface area contributed by atoms with E-state index in [9.17, 15) is 13.6 Å². The summed E-state index contributed by atoms with van der Waals surface area (Å²) in [5, 5.41) is 0.376. The number of nitrogens with zero attached hydrogens (tertiary/aromatic N) is 3. The van der Waals surface area contributed by atoms with E-state index in [4.69, 9.17) is 0 Å². The number of benzene rings is 2. The van der Waals surface area contributed by atoms with Crippen LogP contribution < -0.4 is 4.90 Å². The van der Waals surface area contributed by atoms with Gasteiger partial charge in [-0.25, -0.2) is 13.8 Å². The van der Waals surface area contributed by atoms with Crippen LogP contribution >= 0.6 is 23.7 Å². The second-order valence-corrected chi connectivity index (χ2v) is 8.15. The predicted molar refractivity (Wildman–Crippen MR) is 118 cm³/mol. The lowest BCUT2D eigenvalue weighted by molar-refractivity contribution is 0.0986. The van der Waals surface area contributed by atoms with Crippen molar-refractivity contribution in [2.24, 2.45) is 0 Å². The first-order chi connectivity index (χ1) is 13.3. The average molecular weight is 440 g/mol. The Labute approximate surface area is 179 Å². The van der Waals surface area contributed by atoms with E-state index >= 15 is 0 Å². The maximum Gasteiger partial charge on any atom is 0.260 e. The highest BCUT2D eigenvalue weighted by atomic mass is 35.5. The van der Waals surface area contributed by atoms with Gasteiger partial charge in [0, 0.05) is 18.2 Å². The SMILES string of the molecule is Cc1ccc(C(=O)N(CCCN(C)C)c2nc3c(F)cc(F)cc3s2)cc1C.Cl. The van der Waals surface area contributed by atoms with Crippen molar-refractivity contribution in [2.75, 3.05) is 32.1 Å². The molecule has 2 aromatic carbocycles. The number of carbonyl (C=O) groups excluding carboxylic acids is 1. The molecule has 0 fully saturated rings. The standard InChI is InChI=1S/C21H23F2N3OS.ClH/c1-13-6-7-15(10-14(13)2)20(27)26(9-5-8-25(3)4)21-24-19-17(23)11-16(22)12-18(19)28-21;/h6-7,10-12H,5,8-9H2,1-4H3;1H. The largest absolute Gasteiger partial charge is 0.309 e. The van der Waals surface area contributed by atoms with Crippen molar-refractivity contribution in [3.05, 3.63) is 58.7 Å². The summed E-state index contributed by atoms with van der Waals surface area (Å²) >= 11 is 1.12. The van der Waals surface area contributed by atoms with E-state index in [1.165, 1.54) is 6.07 Å². The summed E-state index contributed by atoms with van der Waals surface area (Å²) < 4.78 is 28.0. The molecule has 4 nitrogen and oxygen atoms in total. The van der Waals surface area contributed by atoms with Crippen molar-refractivity contribution in [3.8, 4) is 0 Å². The molecule has 0 bridgehead atoms. The maximum absolute atomic E-state index is 14.1. The Kier molecular flexibility index (Phi) is 7.68. The molecule has 0 radical (unpaired) electrons. The van der Waals surface area contributed by atoms with Crippen LogP contribution in [0, 0.1) is 25.5 Å². The highest BCUT2D eigenvalue weighted by Gasteiger charge is 2.22. The molecule has 0 spiro atoms. The molecule has 8 heteroatoms. The summed E-state index contributed by atoms with van der Waals surface area (Å²) in [5.74, 6) is -1.56. The number of carbonyl (C=O) groups is 1. The normalized spacial score (nSPS) is 11.0. The van der Waals surface area contributed by atoms with Crippen molar-refractivity contribution < 1.29 is 13.6 Å². The first-order valence-electron chi connectivity index (χ1n) is 9.05. The number of hydrogen-bond acceptors (Lipinski definition) is 4. The third kappa shape index (κ3) is 5.29. The summed E-state index contributed by atoms with van der Waals surface area (Å²) in [6.07, 6.45) is 0.732. The fraction of sp³-hybridized carbons (Fsp3) is 0.333.